The summed E-state index contributed by atoms with van der Waals surface area (Å²) in [6.45, 7) is 12.9. The molecule has 1 atom stereocenters. The molecule has 1 saturated heterocycles. The number of anilines is 2. The molecule has 3 aliphatic rings. The van der Waals surface area contributed by atoms with E-state index in [1.54, 1.807) is 16.8 Å². The molecule has 2 aliphatic heterocycles. The van der Waals surface area contributed by atoms with Gasteiger partial charge in [-0.2, -0.15) is 8.42 Å². The van der Waals surface area contributed by atoms with Crippen molar-refractivity contribution in [2.24, 2.45) is 11.8 Å². The molecule has 2 fully saturated rings. The summed E-state index contributed by atoms with van der Waals surface area (Å²) in [7, 11) is -6.41. The Kier molecular flexibility index (Phi) is 8.92. The largest absolute Gasteiger partial charge is 0.477 e. The van der Waals surface area contributed by atoms with Crippen LogP contribution < -0.4 is 24.9 Å². The SMILES string of the molecule is CC1(C)C[C@@H]2CCCNc3cccc(n3)S(=O)(=O)NC(=O)c3cc([Si](C)(C)C)c(-n4ccc(OCCC5CCCC5)n4)nc3N1C2. The number of ether oxygens (including phenoxy) is 1. The highest BCUT2D eigenvalue weighted by Gasteiger charge is 2.42. The minimum absolute atomic E-state index is 0.212. The van der Waals surface area contributed by atoms with Crippen LogP contribution in [0.15, 0.2) is 41.6 Å². The summed E-state index contributed by atoms with van der Waals surface area (Å²) in [6.07, 6.45) is 10.9. The molecule has 0 aromatic carbocycles. The Morgan fingerprint density at radius 3 is 2.59 bits per heavy atom. The Labute approximate surface area is 273 Å². The van der Waals surface area contributed by atoms with Crippen molar-refractivity contribution in [2.75, 3.05) is 29.9 Å². The van der Waals surface area contributed by atoms with E-state index in [1.165, 1.54) is 31.7 Å². The molecule has 0 unspecified atom stereocenters. The molecule has 0 radical (unpaired) electrons. The third-order valence-electron chi connectivity index (χ3n) is 9.60. The number of amides is 1. The molecule has 1 amide bonds. The second-order valence-electron chi connectivity index (χ2n) is 14.7. The van der Waals surface area contributed by atoms with Crippen LogP contribution in [0.4, 0.5) is 11.6 Å². The normalized spacial score (nSPS) is 21.5. The molecular weight excluding hydrogens is 619 g/mol. The zero-order valence-corrected chi connectivity index (χ0v) is 29.5. The van der Waals surface area contributed by atoms with E-state index in [0.717, 1.165) is 36.8 Å². The summed E-state index contributed by atoms with van der Waals surface area (Å²) in [4.78, 5) is 25.8. The number of nitrogens with one attached hydrogen (secondary N) is 2. The molecule has 1 saturated carbocycles. The maximum Gasteiger partial charge on any atom is 0.281 e. The van der Waals surface area contributed by atoms with E-state index in [1.807, 2.05) is 18.3 Å². The highest BCUT2D eigenvalue weighted by atomic mass is 32.2. The fourth-order valence-electron chi connectivity index (χ4n) is 7.18. The van der Waals surface area contributed by atoms with Gasteiger partial charge in [0.15, 0.2) is 10.8 Å². The number of carbonyl (C=O) groups is 1. The van der Waals surface area contributed by atoms with E-state index in [9.17, 15) is 13.2 Å². The van der Waals surface area contributed by atoms with E-state index in [0.29, 0.717) is 48.9 Å². The Morgan fingerprint density at radius 1 is 1.04 bits per heavy atom. The topological polar surface area (TPSA) is 131 Å². The minimum atomic E-state index is -4.26. The highest BCUT2D eigenvalue weighted by Crippen LogP contribution is 2.40. The summed E-state index contributed by atoms with van der Waals surface area (Å²) in [6, 6.07) is 8.48. The second-order valence-corrected chi connectivity index (χ2v) is 21.4. The molecule has 3 aromatic heterocycles. The molecule has 11 nitrogen and oxygen atoms in total. The summed E-state index contributed by atoms with van der Waals surface area (Å²) in [5.74, 6) is 2.51. The van der Waals surface area contributed by atoms with Crippen molar-refractivity contribution < 1.29 is 17.9 Å². The molecule has 248 valence electrons. The molecule has 13 heteroatoms. The van der Waals surface area contributed by atoms with Crippen LogP contribution in [-0.2, 0) is 10.0 Å². The van der Waals surface area contributed by atoms with Gasteiger partial charge < -0.3 is 15.0 Å². The van der Waals surface area contributed by atoms with Crippen molar-refractivity contribution in [3.05, 3.63) is 42.1 Å². The summed E-state index contributed by atoms with van der Waals surface area (Å²) >= 11 is 0. The number of rotatable bonds is 6. The van der Waals surface area contributed by atoms with Crippen molar-refractivity contribution in [1.82, 2.24) is 24.5 Å². The monoisotopic (exact) mass is 665 g/mol. The molecule has 1 aliphatic carbocycles. The third-order valence-corrected chi connectivity index (χ3v) is 12.8. The van der Waals surface area contributed by atoms with Crippen LogP contribution in [0.1, 0.15) is 75.6 Å². The Hall–Kier alpha value is -3.45. The van der Waals surface area contributed by atoms with Crippen LogP contribution in [0.2, 0.25) is 19.6 Å². The second kappa shape index (κ2) is 12.6. The van der Waals surface area contributed by atoms with Gasteiger partial charge in [-0.25, -0.2) is 19.4 Å². The zero-order valence-electron chi connectivity index (χ0n) is 27.7. The Balaban J connectivity index is 1.42. The van der Waals surface area contributed by atoms with E-state index >= 15 is 0 Å². The lowest BCUT2D eigenvalue weighted by Gasteiger charge is -2.35. The van der Waals surface area contributed by atoms with Gasteiger partial charge in [0, 0.05) is 30.9 Å². The van der Waals surface area contributed by atoms with E-state index in [4.69, 9.17) is 14.8 Å². The molecule has 5 heterocycles. The van der Waals surface area contributed by atoms with Gasteiger partial charge in [-0.15, -0.1) is 5.10 Å². The van der Waals surface area contributed by atoms with E-state index < -0.39 is 24.0 Å². The van der Waals surface area contributed by atoms with Crippen LogP contribution in [-0.4, -0.2) is 67.4 Å². The van der Waals surface area contributed by atoms with Gasteiger partial charge in [0.2, 0.25) is 5.88 Å². The van der Waals surface area contributed by atoms with Crippen LogP contribution >= 0.6 is 0 Å². The number of pyridine rings is 2. The van der Waals surface area contributed by atoms with Gasteiger partial charge in [-0.1, -0.05) is 51.4 Å². The van der Waals surface area contributed by atoms with E-state index in [2.05, 4.69) is 53.4 Å². The van der Waals surface area contributed by atoms with Crippen molar-refractivity contribution in [3.63, 3.8) is 0 Å². The van der Waals surface area contributed by atoms with Crippen LogP contribution in [0.5, 0.6) is 5.88 Å². The predicted molar refractivity (Wildman–Crippen MR) is 183 cm³/mol. The fraction of sp³-hybridized carbons (Fsp3) is 0.576. The van der Waals surface area contributed by atoms with Crippen molar-refractivity contribution in [3.8, 4) is 11.7 Å². The third kappa shape index (κ3) is 6.95. The lowest BCUT2D eigenvalue weighted by molar-refractivity contribution is 0.0981. The Morgan fingerprint density at radius 2 is 1.83 bits per heavy atom. The van der Waals surface area contributed by atoms with Gasteiger partial charge in [-0.05, 0) is 74.8 Å². The first kappa shape index (κ1) is 32.5. The van der Waals surface area contributed by atoms with Gasteiger partial charge in [0.25, 0.3) is 15.9 Å². The fourth-order valence-corrected chi connectivity index (χ4v) is 9.53. The maximum absolute atomic E-state index is 14.1. The van der Waals surface area contributed by atoms with Gasteiger partial charge in [-0.3, -0.25) is 4.79 Å². The maximum atomic E-state index is 14.1. The van der Waals surface area contributed by atoms with Gasteiger partial charge >= 0.3 is 0 Å². The smallest absolute Gasteiger partial charge is 0.281 e. The number of sulfonamides is 1. The highest BCUT2D eigenvalue weighted by molar-refractivity contribution is 7.90. The average molecular weight is 666 g/mol. The van der Waals surface area contributed by atoms with Crippen LogP contribution in [0.25, 0.3) is 5.82 Å². The molecule has 0 spiro atoms. The van der Waals surface area contributed by atoms with E-state index in [-0.39, 0.29) is 16.1 Å². The number of hydrogen-bond acceptors (Lipinski definition) is 9. The number of fused-ring (bicyclic) bond motifs is 6. The quantitative estimate of drug-likeness (QED) is 0.346. The number of aromatic nitrogens is 4. The zero-order chi connectivity index (χ0) is 32.7. The minimum Gasteiger partial charge on any atom is -0.477 e. The van der Waals surface area contributed by atoms with Crippen molar-refractivity contribution >= 4 is 40.8 Å². The average Bonchev–Trinajstić information content (AvgIpc) is 3.74. The van der Waals surface area contributed by atoms with Crippen molar-refractivity contribution in [2.45, 2.75) is 95.4 Å². The lowest BCUT2D eigenvalue weighted by atomic mass is 9.93. The first-order valence-corrected chi connectivity index (χ1v) is 21.6. The molecule has 46 heavy (non-hydrogen) atoms. The Bertz CT molecular complexity index is 1700. The van der Waals surface area contributed by atoms with Gasteiger partial charge in [0.1, 0.15) is 11.6 Å². The van der Waals surface area contributed by atoms with Crippen molar-refractivity contribution in [1.29, 1.82) is 0 Å². The first-order chi connectivity index (χ1) is 21.8. The molecule has 3 aromatic rings. The summed E-state index contributed by atoms with van der Waals surface area (Å²) in [5, 5.41) is 8.72. The molecule has 2 N–H and O–H groups in total. The summed E-state index contributed by atoms with van der Waals surface area (Å²) < 4.78 is 37.1. The summed E-state index contributed by atoms with van der Waals surface area (Å²) in [5.41, 5.74) is -0.0683. The van der Waals surface area contributed by atoms with Gasteiger partial charge in [0.05, 0.1) is 20.2 Å². The standard InChI is InChI=1S/C33H47N7O4SSi/c1-33(2)21-24-12-9-17-34-27-13-8-14-29(35-27)45(42,43)38-32(41)25-20-26(46(3,4)5)31(36-30(25)39(33)22-24)40-18-15-28(37-40)44-19-16-23-10-6-7-11-23/h8,13-15,18,20,23-24H,6-7,9-12,16-17,19,21-22H2,1-5H3,(H,34,35)(H,38,41)/t24-/m0/s1. The molecule has 6 rings (SSSR count). The molecular formula is C33H47N7O4SSi. The predicted octanol–water partition coefficient (Wildman–Crippen LogP) is 5.10. The van der Waals surface area contributed by atoms with Crippen LogP contribution in [0, 0.1) is 11.8 Å². The molecule has 4 bridgehead atoms. The number of hydrogen-bond donors (Lipinski definition) is 2. The number of nitrogens with zero attached hydrogens (tertiary/aromatic N) is 5. The first-order valence-electron chi connectivity index (χ1n) is 16.6. The van der Waals surface area contributed by atoms with Crippen LogP contribution in [0.3, 0.4) is 0 Å². The number of carbonyl (C=O) groups excluding carboxylic acids is 1. The lowest BCUT2D eigenvalue weighted by Crippen LogP contribution is -2.45.